The number of rotatable bonds is 5. The minimum absolute atomic E-state index is 0.243. The highest BCUT2D eigenvalue weighted by atomic mass is 16.6. The number of nitro benzene ring substituents is 1. The quantitative estimate of drug-likeness (QED) is 0.669. The van der Waals surface area contributed by atoms with Crippen LogP contribution < -0.4 is 10.2 Å². The summed E-state index contributed by atoms with van der Waals surface area (Å²) in [6.07, 6.45) is 2.38. The zero-order valence-corrected chi connectivity index (χ0v) is 13.1. The van der Waals surface area contributed by atoms with Crippen molar-refractivity contribution < 1.29 is 4.92 Å². The first-order chi connectivity index (χ1) is 10.0. The third-order valence-corrected chi connectivity index (χ3v) is 4.19. The van der Waals surface area contributed by atoms with Crippen molar-refractivity contribution >= 4 is 11.4 Å². The van der Waals surface area contributed by atoms with Crippen LogP contribution in [0.2, 0.25) is 0 Å². The van der Waals surface area contributed by atoms with Crippen molar-refractivity contribution in [3.05, 3.63) is 33.9 Å². The Hall–Kier alpha value is -1.62. The molecule has 1 aromatic carbocycles. The van der Waals surface area contributed by atoms with Gasteiger partial charge in [-0.05, 0) is 58.7 Å². The molecule has 1 aliphatic rings. The zero-order chi connectivity index (χ0) is 15.4. The summed E-state index contributed by atoms with van der Waals surface area (Å²) in [6, 6.07) is 5.84. The maximum atomic E-state index is 11.4. The van der Waals surface area contributed by atoms with E-state index in [1.165, 1.54) is 12.8 Å². The van der Waals surface area contributed by atoms with Gasteiger partial charge < -0.3 is 10.2 Å². The van der Waals surface area contributed by atoms with Gasteiger partial charge in [-0.2, -0.15) is 0 Å². The van der Waals surface area contributed by atoms with Crippen molar-refractivity contribution in [3.8, 4) is 0 Å². The minimum Gasteiger partial charge on any atom is -0.363 e. The molecule has 5 heteroatoms. The van der Waals surface area contributed by atoms with E-state index in [0.717, 1.165) is 30.9 Å². The van der Waals surface area contributed by atoms with Gasteiger partial charge in [-0.1, -0.05) is 12.1 Å². The normalized spacial score (nSPS) is 18.8. The van der Waals surface area contributed by atoms with Crippen LogP contribution in [0.5, 0.6) is 0 Å². The lowest BCUT2D eigenvalue weighted by Crippen LogP contribution is -2.41. The van der Waals surface area contributed by atoms with Crippen LogP contribution in [0.15, 0.2) is 18.2 Å². The average Bonchev–Trinajstić information content (AvgIpc) is 2.45. The molecule has 116 valence electrons. The van der Waals surface area contributed by atoms with Crippen LogP contribution >= 0.6 is 0 Å². The number of nitrogens with one attached hydrogen (secondary N) is 1. The Kier molecular flexibility index (Phi) is 5.17. The first-order valence-electron chi connectivity index (χ1n) is 7.72. The Labute approximate surface area is 126 Å². The number of piperidine rings is 1. The molecular weight excluding hydrogens is 266 g/mol. The van der Waals surface area contributed by atoms with Gasteiger partial charge >= 0.3 is 0 Å². The molecule has 21 heavy (non-hydrogen) atoms. The van der Waals surface area contributed by atoms with Crippen LogP contribution in [0.3, 0.4) is 0 Å². The lowest BCUT2D eigenvalue weighted by Gasteiger charge is -2.34. The summed E-state index contributed by atoms with van der Waals surface area (Å²) in [6.45, 7) is 8.97. The van der Waals surface area contributed by atoms with Gasteiger partial charge in [0.15, 0.2) is 0 Å². The first-order valence-corrected chi connectivity index (χ1v) is 7.72. The van der Waals surface area contributed by atoms with E-state index >= 15 is 0 Å². The third-order valence-electron chi connectivity index (χ3n) is 4.19. The molecule has 5 nitrogen and oxygen atoms in total. The van der Waals surface area contributed by atoms with Gasteiger partial charge in [0, 0.05) is 18.2 Å². The van der Waals surface area contributed by atoms with E-state index in [0.29, 0.717) is 5.92 Å². The molecule has 0 aromatic heterocycles. The Balaban J connectivity index is 2.29. The molecule has 1 aromatic rings. The smallest absolute Gasteiger partial charge is 0.295 e. The Morgan fingerprint density at radius 2 is 2.24 bits per heavy atom. The van der Waals surface area contributed by atoms with Crippen LogP contribution in [-0.2, 0) is 0 Å². The Morgan fingerprint density at radius 1 is 1.48 bits per heavy atom. The summed E-state index contributed by atoms with van der Waals surface area (Å²) in [4.78, 5) is 13.4. The fourth-order valence-electron chi connectivity index (χ4n) is 3.06. The van der Waals surface area contributed by atoms with Crippen LogP contribution in [0.4, 0.5) is 11.4 Å². The molecule has 0 radical (unpaired) electrons. The van der Waals surface area contributed by atoms with Crippen molar-refractivity contribution in [2.24, 2.45) is 5.92 Å². The Bertz CT molecular complexity index is 496. The van der Waals surface area contributed by atoms with Gasteiger partial charge in [0.25, 0.3) is 5.69 Å². The molecule has 1 unspecified atom stereocenters. The number of benzene rings is 1. The highest BCUT2D eigenvalue weighted by Gasteiger charge is 2.26. The number of hydrogen-bond donors (Lipinski definition) is 1. The van der Waals surface area contributed by atoms with Gasteiger partial charge in [-0.15, -0.1) is 0 Å². The van der Waals surface area contributed by atoms with Crippen LogP contribution in [-0.4, -0.2) is 30.6 Å². The van der Waals surface area contributed by atoms with Crippen LogP contribution in [0.1, 0.15) is 32.3 Å². The minimum atomic E-state index is -0.251. The monoisotopic (exact) mass is 291 g/mol. The lowest BCUT2D eigenvalue weighted by atomic mass is 9.98. The average molecular weight is 291 g/mol. The van der Waals surface area contributed by atoms with Gasteiger partial charge in [-0.25, -0.2) is 0 Å². The van der Waals surface area contributed by atoms with Crippen molar-refractivity contribution in [3.63, 3.8) is 0 Å². The topological polar surface area (TPSA) is 58.4 Å². The predicted molar refractivity (Wildman–Crippen MR) is 85.9 cm³/mol. The number of aryl methyl sites for hydroxylation is 1. The van der Waals surface area contributed by atoms with Crippen molar-refractivity contribution in [2.75, 3.05) is 24.5 Å². The number of hydrogen-bond acceptors (Lipinski definition) is 4. The predicted octanol–water partition coefficient (Wildman–Crippen LogP) is 3.12. The number of anilines is 1. The van der Waals surface area contributed by atoms with Crippen molar-refractivity contribution in [1.29, 1.82) is 0 Å². The second-order valence-electron chi connectivity index (χ2n) is 6.16. The molecule has 1 aliphatic heterocycles. The second kappa shape index (κ2) is 6.89. The molecule has 1 N–H and O–H groups in total. The maximum absolute atomic E-state index is 11.4. The highest BCUT2D eigenvalue weighted by molar-refractivity contribution is 5.67. The van der Waals surface area contributed by atoms with E-state index in [2.05, 4.69) is 24.1 Å². The van der Waals surface area contributed by atoms with E-state index in [9.17, 15) is 10.1 Å². The molecule has 2 rings (SSSR count). The summed E-state index contributed by atoms with van der Waals surface area (Å²) < 4.78 is 0. The molecule has 0 amide bonds. The molecule has 0 aliphatic carbocycles. The van der Waals surface area contributed by atoms with Crippen LogP contribution in [0.25, 0.3) is 0 Å². The number of nitrogens with zero attached hydrogens (tertiary/aromatic N) is 2. The molecule has 1 saturated heterocycles. The fraction of sp³-hybridized carbons (Fsp3) is 0.625. The van der Waals surface area contributed by atoms with Gasteiger partial charge in [0.2, 0.25) is 0 Å². The third kappa shape index (κ3) is 3.73. The van der Waals surface area contributed by atoms with Gasteiger partial charge in [-0.3, -0.25) is 10.1 Å². The number of nitro groups is 1. The van der Waals surface area contributed by atoms with E-state index in [4.69, 9.17) is 0 Å². The van der Waals surface area contributed by atoms with Crippen molar-refractivity contribution in [2.45, 2.75) is 39.7 Å². The van der Waals surface area contributed by atoms with E-state index in [1.807, 2.05) is 25.1 Å². The summed E-state index contributed by atoms with van der Waals surface area (Å²) in [5.74, 6) is 0.557. The SMILES string of the molecule is Cc1cccc(N(CC2CCCNC2)C(C)C)c1[N+](=O)[O-]. The van der Waals surface area contributed by atoms with E-state index < -0.39 is 0 Å². The summed E-state index contributed by atoms with van der Waals surface area (Å²) in [5, 5.41) is 14.8. The molecular formula is C16H25N3O2. The van der Waals surface area contributed by atoms with Gasteiger partial charge in [0.05, 0.1) is 4.92 Å². The second-order valence-corrected chi connectivity index (χ2v) is 6.16. The summed E-state index contributed by atoms with van der Waals surface area (Å²) in [7, 11) is 0. The molecule has 1 atom stereocenters. The molecule has 1 fully saturated rings. The molecule has 0 bridgehead atoms. The van der Waals surface area contributed by atoms with E-state index in [-0.39, 0.29) is 16.7 Å². The molecule has 1 heterocycles. The number of para-hydroxylation sites is 1. The lowest BCUT2D eigenvalue weighted by molar-refractivity contribution is -0.384. The first kappa shape index (κ1) is 15.8. The van der Waals surface area contributed by atoms with Gasteiger partial charge in [0.1, 0.15) is 5.69 Å². The summed E-state index contributed by atoms with van der Waals surface area (Å²) >= 11 is 0. The fourth-order valence-corrected chi connectivity index (χ4v) is 3.06. The Morgan fingerprint density at radius 3 is 2.81 bits per heavy atom. The van der Waals surface area contributed by atoms with Crippen molar-refractivity contribution in [1.82, 2.24) is 5.32 Å². The molecule has 0 saturated carbocycles. The summed E-state index contributed by atoms with van der Waals surface area (Å²) in [5.41, 5.74) is 1.72. The largest absolute Gasteiger partial charge is 0.363 e. The highest BCUT2D eigenvalue weighted by Crippen LogP contribution is 2.33. The van der Waals surface area contributed by atoms with Crippen LogP contribution in [0, 0.1) is 23.0 Å². The zero-order valence-electron chi connectivity index (χ0n) is 13.1. The molecule has 0 spiro atoms. The maximum Gasteiger partial charge on any atom is 0.295 e. The standard InChI is InChI=1S/C16H25N3O2/c1-12(2)18(11-14-7-5-9-17-10-14)15-8-4-6-13(3)16(15)19(20)21/h4,6,8,12,14,17H,5,7,9-11H2,1-3H3. The van der Waals surface area contributed by atoms with E-state index in [1.54, 1.807) is 0 Å².